The Balaban J connectivity index is 1.99. The van der Waals surface area contributed by atoms with E-state index in [1.807, 2.05) is 5.48 Å². The lowest BCUT2D eigenvalue weighted by molar-refractivity contribution is 0.0168. The van der Waals surface area contributed by atoms with Crippen molar-refractivity contribution in [3.8, 4) is 0 Å². The Bertz CT molecular complexity index is 951. The van der Waals surface area contributed by atoms with Gasteiger partial charge in [0, 0.05) is 9.58 Å². The fraction of sp³-hybridized carbons (Fsp3) is 0.278. The molecule has 0 saturated carbocycles. The third kappa shape index (κ3) is 4.99. The summed E-state index contributed by atoms with van der Waals surface area (Å²) in [6.07, 6.45) is 0.700. The zero-order valence-electron chi connectivity index (χ0n) is 15.4. The molecule has 0 spiro atoms. The summed E-state index contributed by atoms with van der Waals surface area (Å²) in [5.41, 5.74) is 0.648. The number of nitrogens with one attached hydrogen (secondary N) is 2. The van der Waals surface area contributed by atoms with E-state index < -0.39 is 55.9 Å². The number of aliphatic hydroxyl groups excluding tert-OH is 1. The summed E-state index contributed by atoms with van der Waals surface area (Å²) >= 11 is -0.611. The molecule has 1 saturated heterocycles. The van der Waals surface area contributed by atoms with Gasteiger partial charge in [0.15, 0.2) is 17.5 Å². The first kappa shape index (κ1) is 22.2. The number of carbonyl (C=O) groups is 2. The number of nitrogens with zero attached hydrogens (tertiary/aromatic N) is 1. The number of aliphatic hydroxyl groups is 1. The van der Waals surface area contributed by atoms with E-state index in [1.54, 1.807) is 4.08 Å². The van der Waals surface area contributed by atoms with Crippen LogP contribution in [-0.2, 0) is 16.1 Å². The highest BCUT2D eigenvalue weighted by Gasteiger charge is 2.28. The molecule has 0 unspecified atom stereocenters. The highest BCUT2D eigenvalue weighted by molar-refractivity contribution is 14.2. The molecule has 2 aliphatic heterocycles. The van der Waals surface area contributed by atoms with Crippen LogP contribution in [0.2, 0.25) is 0 Å². The highest BCUT2D eigenvalue weighted by atomic mass is 127. The summed E-state index contributed by atoms with van der Waals surface area (Å²) in [5.74, 6) is -4.30. The number of hydroxylamine groups is 1. The maximum Gasteiger partial charge on any atom is 0.410 e. The molecule has 2 amide bonds. The second-order valence-electron chi connectivity index (χ2n) is 6.04. The number of ether oxygens (including phenoxy) is 1. The number of carbonyl (C=O) groups excluding carboxylic acids is 2. The predicted octanol–water partition coefficient (Wildman–Crippen LogP) is 2.46. The lowest BCUT2D eigenvalue weighted by Gasteiger charge is -2.19. The fourth-order valence-corrected chi connectivity index (χ4v) is 4.08. The second-order valence-corrected chi connectivity index (χ2v) is 8.10. The van der Waals surface area contributed by atoms with Crippen molar-refractivity contribution in [1.29, 1.82) is 0 Å². The van der Waals surface area contributed by atoms with E-state index in [-0.39, 0.29) is 49.7 Å². The molecule has 2 aliphatic rings. The third-order valence-electron chi connectivity index (χ3n) is 4.07. The Hall–Kier alpha value is -2.45. The molecule has 0 aromatic heterocycles. The van der Waals surface area contributed by atoms with Crippen molar-refractivity contribution in [3.05, 3.63) is 50.5 Å². The number of anilines is 1. The maximum absolute atomic E-state index is 14.9. The lowest BCUT2D eigenvalue weighted by Crippen LogP contribution is -2.28. The van der Waals surface area contributed by atoms with Crippen LogP contribution < -0.4 is 10.8 Å². The monoisotopic (exact) mass is 539 g/mol. The minimum Gasteiger partial charge on any atom is -0.448 e. The summed E-state index contributed by atoms with van der Waals surface area (Å²) in [6.45, 7) is -0.638. The zero-order valence-corrected chi connectivity index (χ0v) is 17.5. The quantitative estimate of drug-likeness (QED) is 0.267. The minimum atomic E-state index is -1.42. The molecule has 1 aromatic carbocycles. The highest BCUT2D eigenvalue weighted by Crippen LogP contribution is 2.30. The van der Waals surface area contributed by atoms with Crippen LogP contribution in [0.15, 0.2) is 27.7 Å². The number of benzene rings is 1. The van der Waals surface area contributed by atoms with E-state index in [1.165, 1.54) is 10.1 Å². The number of hydrogen-bond donors (Lipinski definition) is 3. The maximum atomic E-state index is 14.9. The van der Waals surface area contributed by atoms with Gasteiger partial charge in [-0.05, 0) is 16.2 Å². The topological polar surface area (TPSA) is 100 Å². The Kier molecular flexibility index (Phi) is 7.44. The van der Waals surface area contributed by atoms with Gasteiger partial charge in [-0.1, -0.05) is 20.7 Å². The van der Waals surface area contributed by atoms with Gasteiger partial charge in [-0.3, -0.25) is 9.63 Å². The van der Waals surface area contributed by atoms with Gasteiger partial charge >= 0.3 is 6.09 Å². The number of allylic oxidation sites excluding steroid dienone is 2. The van der Waals surface area contributed by atoms with Crippen LogP contribution in [0.25, 0.3) is 0 Å². The largest absolute Gasteiger partial charge is 0.448 e. The summed E-state index contributed by atoms with van der Waals surface area (Å²) < 4.78 is 51.5. The second kappa shape index (κ2) is 10.0. The number of rotatable bonds is 8. The third-order valence-corrected chi connectivity index (χ3v) is 5.75. The molecular formula is C18H17F3IN3O5. The molecule has 3 rings (SSSR count). The van der Waals surface area contributed by atoms with Gasteiger partial charge < -0.3 is 20.1 Å². The summed E-state index contributed by atoms with van der Waals surface area (Å²) in [4.78, 5) is 30.0. The number of halogens is 4. The molecule has 0 bridgehead atoms. The van der Waals surface area contributed by atoms with Crippen LogP contribution in [0.1, 0.15) is 15.9 Å². The molecule has 1 aromatic rings. The molecule has 0 aliphatic carbocycles. The smallest absolute Gasteiger partial charge is 0.410 e. The standard InChI is InChI=1S/C18H17F3IN3O5/c19-12-8-22-2-1-13(12)23-16-11(17(27)24-30-6-4-26)7-10(14(20)15(16)21)9-25-3-5-29-18(25)28/h1-2,7-8,23,26H,3-6,9H2,(H,24,27). The Labute approximate surface area is 179 Å². The van der Waals surface area contributed by atoms with Crippen LogP contribution in [0, 0.1) is 11.6 Å². The van der Waals surface area contributed by atoms with Gasteiger partial charge in [0.25, 0.3) is 5.91 Å². The van der Waals surface area contributed by atoms with Gasteiger partial charge in [0.2, 0.25) is 0 Å². The zero-order chi connectivity index (χ0) is 21.7. The van der Waals surface area contributed by atoms with Crippen molar-refractivity contribution in [3.63, 3.8) is 0 Å². The molecule has 0 radical (unpaired) electrons. The van der Waals surface area contributed by atoms with E-state index in [0.29, 0.717) is 0 Å². The average molecular weight is 539 g/mol. The van der Waals surface area contributed by atoms with Crippen LogP contribution in [0.4, 0.5) is 23.7 Å². The Morgan fingerprint density at radius 2 is 2.13 bits per heavy atom. The van der Waals surface area contributed by atoms with Crippen molar-refractivity contribution in [1.82, 2.24) is 10.4 Å². The predicted molar refractivity (Wildman–Crippen MR) is 110 cm³/mol. The molecule has 3 N–H and O–H groups in total. The van der Waals surface area contributed by atoms with Crippen LogP contribution >= 0.6 is 20.7 Å². The van der Waals surface area contributed by atoms with Crippen molar-refractivity contribution < 1.29 is 37.4 Å². The minimum absolute atomic E-state index is 0.115. The first-order chi connectivity index (χ1) is 14.4. The summed E-state index contributed by atoms with van der Waals surface area (Å²) in [7, 11) is 0. The molecule has 1 fully saturated rings. The van der Waals surface area contributed by atoms with E-state index in [2.05, 4.69) is 5.32 Å². The van der Waals surface area contributed by atoms with Crippen molar-refractivity contribution in [2.75, 3.05) is 31.7 Å². The average Bonchev–Trinajstić information content (AvgIpc) is 3.13. The van der Waals surface area contributed by atoms with Crippen LogP contribution in [0.3, 0.4) is 0 Å². The van der Waals surface area contributed by atoms with Crippen molar-refractivity contribution in [2.24, 2.45) is 0 Å². The van der Waals surface area contributed by atoms with Crippen LogP contribution in [0.5, 0.6) is 0 Å². The first-order valence-corrected chi connectivity index (χ1v) is 11.2. The summed E-state index contributed by atoms with van der Waals surface area (Å²) in [6, 6.07) is 1.05. The van der Waals surface area contributed by atoms with E-state index in [9.17, 15) is 22.8 Å². The molecular weight excluding hydrogens is 522 g/mol. The van der Waals surface area contributed by atoms with Crippen molar-refractivity contribution >= 4 is 42.4 Å². The lowest BCUT2D eigenvalue weighted by atomic mass is 10.0. The Morgan fingerprint density at radius 3 is 2.80 bits per heavy atom. The fourth-order valence-electron chi connectivity index (χ4n) is 2.65. The number of hydrogen-bond acceptors (Lipinski definition) is 6. The molecule has 2 heterocycles. The number of amides is 2. The van der Waals surface area contributed by atoms with Crippen molar-refractivity contribution in [2.45, 2.75) is 6.54 Å². The molecule has 8 nitrogen and oxygen atoms in total. The van der Waals surface area contributed by atoms with Crippen LogP contribution in [-0.4, -0.2) is 52.4 Å². The molecule has 0 atom stereocenters. The van der Waals surface area contributed by atoms with E-state index >= 15 is 0 Å². The summed E-state index contributed by atoms with van der Waals surface area (Å²) in [5, 5.41) is 11.2. The molecule has 30 heavy (non-hydrogen) atoms. The van der Waals surface area contributed by atoms with E-state index in [4.69, 9.17) is 14.7 Å². The van der Waals surface area contributed by atoms with E-state index in [0.717, 1.165) is 11.0 Å². The van der Waals surface area contributed by atoms with Gasteiger partial charge in [-0.15, -0.1) is 0 Å². The Morgan fingerprint density at radius 1 is 1.33 bits per heavy atom. The molecule has 12 heteroatoms. The van der Waals surface area contributed by atoms with Gasteiger partial charge in [0.1, 0.15) is 6.61 Å². The van der Waals surface area contributed by atoms with Gasteiger partial charge in [-0.2, -0.15) is 0 Å². The van der Waals surface area contributed by atoms with Gasteiger partial charge in [0.05, 0.1) is 43.3 Å². The SMILES string of the molecule is O=C(NOCCO)c1cc(CN2CCOC2=O)c(F)c(F)c1NC1=C(F)C=IC=C1. The number of cyclic esters (lactones) is 1. The van der Waals surface area contributed by atoms with Gasteiger partial charge in [-0.25, -0.2) is 23.4 Å². The normalized spacial score (nSPS) is 15.9. The molecule has 162 valence electrons. The first-order valence-electron chi connectivity index (χ1n) is 8.66.